The topological polar surface area (TPSA) is 114 Å². The Hall–Kier alpha value is -2.91. The van der Waals surface area contributed by atoms with Gasteiger partial charge in [0.05, 0.1) is 18.0 Å². The average Bonchev–Trinajstić information content (AvgIpc) is 2.61. The average molecular weight is 391 g/mol. The minimum Gasteiger partial charge on any atom is -0.494 e. The first-order valence-electron chi connectivity index (χ1n) is 8.20. The van der Waals surface area contributed by atoms with Crippen LogP contribution in [0.25, 0.3) is 0 Å². The molecule has 9 heteroatoms. The molecular weight excluding hydrogens is 370 g/mol. The summed E-state index contributed by atoms with van der Waals surface area (Å²) in [5.41, 5.74) is 0.960. The van der Waals surface area contributed by atoms with Crippen LogP contribution in [-0.2, 0) is 19.6 Å². The van der Waals surface area contributed by atoms with Crippen LogP contribution in [0.3, 0.4) is 0 Å². The number of hydrogen-bond acceptors (Lipinski definition) is 5. The molecule has 0 heterocycles. The highest BCUT2D eigenvalue weighted by Crippen LogP contribution is 2.16. The Bertz CT molecular complexity index is 911. The fraction of sp³-hybridized carbons (Fsp3) is 0.222. The number of amides is 2. The Morgan fingerprint density at radius 1 is 1.00 bits per heavy atom. The van der Waals surface area contributed by atoms with Crippen molar-refractivity contribution in [3.8, 4) is 5.75 Å². The molecule has 2 aromatic rings. The van der Waals surface area contributed by atoms with Gasteiger partial charge in [0, 0.05) is 18.3 Å². The fourth-order valence-corrected chi connectivity index (χ4v) is 3.19. The first-order chi connectivity index (χ1) is 12.8. The number of benzene rings is 2. The van der Waals surface area contributed by atoms with Crippen molar-refractivity contribution in [2.24, 2.45) is 0 Å². The predicted molar refractivity (Wildman–Crippen MR) is 102 cm³/mol. The second-order valence-electron chi connectivity index (χ2n) is 5.54. The third kappa shape index (κ3) is 6.39. The Kier molecular flexibility index (Phi) is 6.91. The van der Waals surface area contributed by atoms with Crippen LogP contribution in [0.1, 0.15) is 13.8 Å². The Labute approximate surface area is 158 Å². The smallest absolute Gasteiger partial charge is 0.241 e. The zero-order valence-electron chi connectivity index (χ0n) is 15.0. The van der Waals surface area contributed by atoms with E-state index in [-0.39, 0.29) is 10.8 Å². The third-order valence-electron chi connectivity index (χ3n) is 3.33. The number of hydrogen-bond donors (Lipinski definition) is 3. The number of carbonyl (C=O) groups excluding carboxylic acids is 2. The molecule has 3 N–H and O–H groups in total. The number of carbonyl (C=O) groups is 2. The maximum absolute atomic E-state index is 12.3. The third-order valence-corrected chi connectivity index (χ3v) is 4.75. The van der Waals surface area contributed by atoms with Crippen LogP contribution < -0.4 is 20.1 Å². The molecule has 0 aliphatic carbocycles. The van der Waals surface area contributed by atoms with Crippen molar-refractivity contribution in [2.45, 2.75) is 18.7 Å². The van der Waals surface area contributed by atoms with Gasteiger partial charge in [0.1, 0.15) is 5.75 Å². The van der Waals surface area contributed by atoms with E-state index in [2.05, 4.69) is 15.4 Å². The number of ether oxygens (including phenoxy) is 1. The van der Waals surface area contributed by atoms with Gasteiger partial charge < -0.3 is 15.4 Å². The summed E-state index contributed by atoms with van der Waals surface area (Å²) >= 11 is 0. The van der Waals surface area contributed by atoms with Gasteiger partial charge in [0.2, 0.25) is 21.8 Å². The molecule has 0 aliphatic rings. The van der Waals surface area contributed by atoms with E-state index in [0.29, 0.717) is 23.7 Å². The van der Waals surface area contributed by atoms with Crippen molar-refractivity contribution >= 4 is 33.2 Å². The van der Waals surface area contributed by atoms with E-state index >= 15 is 0 Å². The van der Waals surface area contributed by atoms with Crippen LogP contribution in [0, 0.1) is 0 Å². The number of sulfonamides is 1. The van der Waals surface area contributed by atoms with Gasteiger partial charge in [0.25, 0.3) is 0 Å². The van der Waals surface area contributed by atoms with Gasteiger partial charge in [-0.3, -0.25) is 9.59 Å². The van der Waals surface area contributed by atoms with E-state index in [9.17, 15) is 18.0 Å². The van der Waals surface area contributed by atoms with Crippen LogP contribution in [0.5, 0.6) is 5.75 Å². The summed E-state index contributed by atoms with van der Waals surface area (Å²) in [5.74, 6) is -0.209. The highest BCUT2D eigenvalue weighted by Gasteiger charge is 2.15. The molecule has 0 spiro atoms. The lowest BCUT2D eigenvalue weighted by Crippen LogP contribution is -2.32. The Morgan fingerprint density at radius 2 is 1.63 bits per heavy atom. The van der Waals surface area contributed by atoms with Gasteiger partial charge in [-0.2, -0.15) is 0 Å². The van der Waals surface area contributed by atoms with E-state index in [0.717, 1.165) is 0 Å². The zero-order valence-corrected chi connectivity index (χ0v) is 15.8. The summed E-state index contributed by atoms with van der Waals surface area (Å²) in [6, 6.07) is 12.4. The molecule has 0 atom stereocenters. The zero-order chi connectivity index (χ0) is 19.9. The Morgan fingerprint density at radius 3 is 2.22 bits per heavy atom. The highest BCUT2D eigenvalue weighted by atomic mass is 32.2. The molecule has 2 amide bonds. The second-order valence-corrected chi connectivity index (χ2v) is 7.31. The van der Waals surface area contributed by atoms with Crippen molar-refractivity contribution in [2.75, 3.05) is 23.8 Å². The summed E-state index contributed by atoms with van der Waals surface area (Å²) in [5, 5.41) is 5.17. The van der Waals surface area contributed by atoms with Crippen molar-refractivity contribution in [1.29, 1.82) is 0 Å². The molecule has 0 aliphatic heterocycles. The normalized spacial score (nSPS) is 10.9. The van der Waals surface area contributed by atoms with E-state index in [1.807, 2.05) is 6.92 Å². The van der Waals surface area contributed by atoms with Crippen LogP contribution in [0.15, 0.2) is 53.4 Å². The molecular formula is C18H21N3O5S. The fourth-order valence-electron chi connectivity index (χ4n) is 2.21. The molecule has 144 valence electrons. The number of nitrogens with one attached hydrogen (secondary N) is 3. The van der Waals surface area contributed by atoms with Gasteiger partial charge in [-0.05, 0) is 49.4 Å². The number of rotatable bonds is 8. The highest BCUT2D eigenvalue weighted by molar-refractivity contribution is 7.89. The largest absolute Gasteiger partial charge is 0.494 e. The van der Waals surface area contributed by atoms with Gasteiger partial charge in [-0.15, -0.1) is 0 Å². The molecule has 0 radical (unpaired) electrons. The van der Waals surface area contributed by atoms with E-state index in [1.54, 1.807) is 36.4 Å². The lowest BCUT2D eigenvalue weighted by Gasteiger charge is -2.10. The summed E-state index contributed by atoms with van der Waals surface area (Å²) in [7, 11) is -3.83. The molecule has 0 aromatic heterocycles. The summed E-state index contributed by atoms with van der Waals surface area (Å²) in [6.07, 6.45) is 0. The molecule has 2 aromatic carbocycles. The summed E-state index contributed by atoms with van der Waals surface area (Å²) in [6.45, 7) is 3.26. The lowest BCUT2D eigenvalue weighted by atomic mass is 10.2. The van der Waals surface area contributed by atoms with Crippen molar-refractivity contribution < 1.29 is 22.7 Å². The minimum atomic E-state index is -3.83. The molecule has 0 bridgehead atoms. The number of anilines is 2. The van der Waals surface area contributed by atoms with Crippen LogP contribution in [0.2, 0.25) is 0 Å². The van der Waals surface area contributed by atoms with Crippen LogP contribution in [-0.4, -0.2) is 33.4 Å². The standard InChI is InChI=1S/C18H21N3O5S/c1-3-26-16-7-9-17(10-8-16)27(24,25)19-12-18(23)21-15-6-4-5-14(11-15)20-13(2)22/h4-11,19H,3,12H2,1-2H3,(H,20,22)(H,21,23). The molecule has 0 fully saturated rings. The van der Waals surface area contributed by atoms with Gasteiger partial charge in [-0.1, -0.05) is 6.07 Å². The van der Waals surface area contributed by atoms with Crippen molar-refractivity contribution in [1.82, 2.24) is 4.72 Å². The molecule has 0 unspecified atom stereocenters. The summed E-state index contributed by atoms with van der Waals surface area (Å²) < 4.78 is 32.0. The molecule has 0 saturated carbocycles. The monoisotopic (exact) mass is 391 g/mol. The maximum atomic E-state index is 12.3. The molecule has 0 saturated heterocycles. The first kappa shape index (κ1) is 20.4. The summed E-state index contributed by atoms with van der Waals surface area (Å²) in [4.78, 5) is 23.1. The van der Waals surface area contributed by atoms with E-state index in [1.165, 1.54) is 19.1 Å². The van der Waals surface area contributed by atoms with E-state index in [4.69, 9.17) is 4.74 Å². The Balaban J connectivity index is 1.95. The van der Waals surface area contributed by atoms with Crippen LogP contribution in [0.4, 0.5) is 11.4 Å². The quantitative estimate of drug-likeness (QED) is 0.637. The maximum Gasteiger partial charge on any atom is 0.241 e. The van der Waals surface area contributed by atoms with Crippen molar-refractivity contribution in [3.05, 3.63) is 48.5 Å². The van der Waals surface area contributed by atoms with E-state index < -0.39 is 22.5 Å². The predicted octanol–water partition coefficient (Wildman–Crippen LogP) is 1.96. The second kappa shape index (κ2) is 9.15. The molecule has 2 rings (SSSR count). The minimum absolute atomic E-state index is 0.0337. The van der Waals surface area contributed by atoms with Crippen LogP contribution >= 0.6 is 0 Å². The first-order valence-corrected chi connectivity index (χ1v) is 9.68. The SMILES string of the molecule is CCOc1ccc(S(=O)(=O)NCC(=O)Nc2cccc(NC(C)=O)c2)cc1. The molecule has 27 heavy (non-hydrogen) atoms. The van der Waals surface area contributed by atoms with Gasteiger partial charge in [0.15, 0.2) is 0 Å². The van der Waals surface area contributed by atoms with Crippen molar-refractivity contribution in [3.63, 3.8) is 0 Å². The van der Waals surface area contributed by atoms with Gasteiger partial charge in [-0.25, -0.2) is 13.1 Å². The lowest BCUT2D eigenvalue weighted by molar-refractivity contribution is -0.115. The molecule has 8 nitrogen and oxygen atoms in total. The van der Waals surface area contributed by atoms with Gasteiger partial charge >= 0.3 is 0 Å².